The van der Waals surface area contributed by atoms with Crippen LogP contribution < -0.4 is 5.32 Å². The standard InChI is InChI=1S/C22H23BrN4S/c1-4-26-21(20(25-22(26)28)19-10-5-6-11-24-19)18-12-14(2)27(15(18)3)17-9-7-8-16(23)13-17/h5-13,20-21H,4H2,1-3H3,(H,25,28)/t20-,21-/m1/s1. The van der Waals surface area contributed by atoms with Crippen molar-refractivity contribution in [2.45, 2.75) is 32.9 Å². The van der Waals surface area contributed by atoms with Crippen molar-refractivity contribution < 1.29 is 0 Å². The van der Waals surface area contributed by atoms with Crippen LogP contribution in [-0.2, 0) is 0 Å². The Hall–Kier alpha value is -2.18. The molecule has 3 heterocycles. The second-order valence-corrected chi connectivity index (χ2v) is 8.36. The van der Waals surface area contributed by atoms with E-state index in [1.54, 1.807) is 0 Å². The van der Waals surface area contributed by atoms with E-state index in [1.165, 1.54) is 17.0 Å². The lowest BCUT2D eigenvalue weighted by Crippen LogP contribution is -2.29. The molecule has 6 heteroatoms. The number of hydrogen-bond acceptors (Lipinski definition) is 2. The number of rotatable bonds is 4. The highest BCUT2D eigenvalue weighted by molar-refractivity contribution is 9.10. The maximum atomic E-state index is 5.66. The van der Waals surface area contributed by atoms with E-state index in [9.17, 15) is 0 Å². The molecule has 1 fully saturated rings. The van der Waals surface area contributed by atoms with Crippen LogP contribution in [-0.4, -0.2) is 26.1 Å². The third-order valence-corrected chi connectivity index (χ3v) is 6.24. The summed E-state index contributed by atoms with van der Waals surface area (Å²) in [5.74, 6) is 0. The summed E-state index contributed by atoms with van der Waals surface area (Å²) in [5, 5.41) is 4.29. The Kier molecular flexibility index (Phi) is 5.25. The molecule has 1 aliphatic heterocycles. The highest BCUT2D eigenvalue weighted by Gasteiger charge is 2.40. The predicted molar refractivity (Wildman–Crippen MR) is 121 cm³/mol. The van der Waals surface area contributed by atoms with Crippen molar-refractivity contribution in [3.05, 3.63) is 81.8 Å². The van der Waals surface area contributed by atoms with Crippen LogP contribution in [0.25, 0.3) is 5.69 Å². The molecule has 4 rings (SSSR count). The molecule has 4 nitrogen and oxygen atoms in total. The van der Waals surface area contributed by atoms with Gasteiger partial charge >= 0.3 is 0 Å². The fraction of sp³-hybridized carbons (Fsp3) is 0.273. The minimum atomic E-state index is 0.0325. The van der Waals surface area contributed by atoms with Gasteiger partial charge in [0.1, 0.15) is 0 Å². The monoisotopic (exact) mass is 454 g/mol. The summed E-state index contributed by atoms with van der Waals surface area (Å²) in [5.41, 5.74) is 5.88. The maximum absolute atomic E-state index is 5.66. The Balaban J connectivity index is 1.84. The van der Waals surface area contributed by atoms with Crippen LogP contribution >= 0.6 is 28.1 Å². The Morgan fingerprint density at radius 3 is 2.64 bits per heavy atom. The third-order valence-electron chi connectivity index (χ3n) is 5.39. The summed E-state index contributed by atoms with van der Waals surface area (Å²) in [6.07, 6.45) is 1.84. The van der Waals surface area contributed by atoms with E-state index in [2.05, 4.69) is 86.8 Å². The largest absolute Gasteiger partial charge is 0.352 e. The highest BCUT2D eigenvalue weighted by Crippen LogP contribution is 2.41. The van der Waals surface area contributed by atoms with Crippen LogP contribution in [0.1, 0.15) is 41.7 Å². The van der Waals surface area contributed by atoms with Gasteiger partial charge < -0.3 is 14.8 Å². The van der Waals surface area contributed by atoms with E-state index < -0.39 is 0 Å². The van der Waals surface area contributed by atoms with Crippen LogP contribution in [0.5, 0.6) is 0 Å². The number of pyridine rings is 1. The minimum absolute atomic E-state index is 0.0325. The molecule has 0 amide bonds. The molecule has 1 aliphatic rings. The molecule has 1 aromatic carbocycles. The Morgan fingerprint density at radius 2 is 1.96 bits per heavy atom. The topological polar surface area (TPSA) is 33.1 Å². The van der Waals surface area contributed by atoms with Gasteiger partial charge in [0.15, 0.2) is 5.11 Å². The van der Waals surface area contributed by atoms with Crippen molar-refractivity contribution >= 4 is 33.3 Å². The summed E-state index contributed by atoms with van der Waals surface area (Å²) in [6, 6.07) is 16.9. The van der Waals surface area contributed by atoms with Gasteiger partial charge in [-0.3, -0.25) is 4.98 Å². The summed E-state index contributed by atoms with van der Waals surface area (Å²) < 4.78 is 3.38. The van der Waals surface area contributed by atoms with E-state index in [0.29, 0.717) is 0 Å². The molecule has 1 saturated heterocycles. The van der Waals surface area contributed by atoms with Crippen molar-refractivity contribution in [2.75, 3.05) is 6.54 Å². The number of aryl methyl sites for hydroxylation is 1. The average Bonchev–Trinajstić information content (AvgIpc) is 3.17. The lowest BCUT2D eigenvalue weighted by Gasteiger charge is -2.27. The van der Waals surface area contributed by atoms with Gasteiger partial charge in [0.25, 0.3) is 0 Å². The molecule has 2 atom stereocenters. The summed E-state index contributed by atoms with van der Waals surface area (Å²) in [7, 11) is 0. The van der Waals surface area contributed by atoms with Crippen molar-refractivity contribution in [1.82, 2.24) is 19.8 Å². The number of benzene rings is 1. The summed E-state index contributed by atoms with van der Waals surface area (Å²) in [6.45, 7) is 7.34. The first-order chi connectivity index (χ1) is 13.5. The van der Waals surface area contributed by atoms with Gasteiger partial charge in [0.05, 0.1) is 17.8 Å². The van der Waals surface area contributed by atoms with Crippen molar-refractivity contribution in [3.63, 3.8) is 0 Å². The van der Waals surface area contributed by atoms with Crippen molar-refractivity contribution in [1.29, 1.82) is 0 Å². The second kappa shape index (κ2) is 7.68. The fourth-order valence-corrected chi connectivity index (χ4v) is 4.94. The zero-order valence-corrected chi connectivity index (χ0v) is 18.6. The predicted octanol–water partition coefficient (Wildman–Crippen LogP) is 5.24. The van der Waals surface area contributed by atoms with Gasteiger partial charge in [-0.1, -0.05) is 28.1 Å². The van der Waals surface area contributed by atoms with Crippen molar-refractivity contribution in [3.8, 4) is 5.69 Å². The van der Waals surface area contributed by atoms with Crippen molar-refractivity contribution in [2.24, 2.45) is 0 Å². The SMILES string of the molecule is CCN1C(=S)N[C@H](c2ccccn2)[C@H]1c1cc(C)n(-c2cccc(Br)c2)c1C. The van der Waals surface area contributed by atoms with E-state index in [-0.39, 0.29) is 12.1 Å². The zero-order chi connectivity index (χ0) is 19.8. The summed E-state index contributed by atoms with van der Waals surface area (Å²) in [4.78, 5) is 6.87. The summed E-state index contributed by atoms with van der Waals surface area (Å²) >= 11 is 9.25. The van der Waals surface area contributed by atoms with Gasteiger partial charge in [-0.2, -0.15) is 0 Å². The molecule has 28 heavy (non-hydrogen) atoms. The van der Waals surface area contributed by atoms with E-state index in [4.69, 9.17) is 12.2 Å². The molecule has 144 valence electrons. The highest BCUT2D eigenvalue weighted by atomic mass is 79.9. The molecule has 0 aliphatic carbocycles. The van der Waals surface area contributed by atoms with Gasteiger partial charge in [0, 0.05) is 34.3 Å². The normalized spacial score (nSPS) is 19.1. The second-order valence-electron chi connectivity index (χ2n) is 7.05. The first-order valence-corrected chi connectivity index (χ1v) is 10.6. The van der Waals surface area contributed by atoms with E-state index in [0.717, 1.165) is 27.5 Å². The lowest BCUT2D eigenvalue weighted by molar-refractivity contribution is 0.329. The van der Waals surface area contributed by atoms with Gasteiger partial charge in [-0.05, 0) is 75.0 Å². The Morgan fingerprint density at radius 1 is 1.14 bits per heavy atom. The quantitative estimate of drug-likeness (QED) is 0.546. The molecule has 1 N–H and O–H groups in total. The van der Waals surface area contributed by atoms with Gasteiger partial charge in [0.2, 0.25) is 0 Å². The molecule has 0 spiro atoms. The van der Waals surface area contributed by atoms with Crippen LogP contribution in [0, 0.1) is 13.8 Å². The molecule has 0 bridgehead atoms. The van der Waals surface area contributed by atoms with E-state index in [1.807, 2.05) is 24.4 Å². The molecule has 0 saturated carbocycles. The third kappa shape index (κ3) is 3.25. The van der Waals surface area contributed by atoms with E-state index >= 15 is 0 Å². The molecule has 0 radical (unpaired) electrons. The molecule has 2 aromatic heterocycles. The van der Waals surface area contributed by atoms with Crippen LogP contribution in [0.4, 0.5) is 0 Å². The van der Waals surface area contributed by atoms with Gasteiger partial charge in [-0.15, -0.1) is 0 Å². The number of aromatic nitrogens is 2. The first-order valence-electron chi connectivity index (χ1n) is 9.44. The number of halogens is 1. The number of hydrogen-bond donors (Lipinski definition) is 1. The zero-order valence-electron chi connectivity index (χ0n) is 16.2. The Labute approximate surface area is 179 Å². The van der Waals surface area contributed by atoms with Gasteiger partial charge in [-0.25, -0.2) is 0 Å². The van der Waals surface area contributed by atoms with Crippen LogP contribution in [0.3, 0.4) is 0 Å². The van der Waals surface area contributed by atoms with Crippen LogP contribution in [0.15, 0.2) is 59.2 Å². The fourth-order valence-electron chi connectivity index (χ4n) is 4.18. The number of nitrogens with zero attached hydrogens (tertiary/aromatic N) is 3. The number of nitrogens with one attached hydrogen (secondary N) is 1. The molecule has 0 unspecified atom stereocenters. The van der Waals surface area contributed by atoms with Crippen LogP contribution in [0.2, 0.25) is 0 Å². The Bertz CT molecular complexity index is 1010. The number of thiocarbonyl (C=S) groups is 1. The first kappa shape index (κ1) is 19.2. The number of likely N-dealkylation sites (N-methyl/N-ethyl adjacent to an activating group) is 1. The lowest BCUT2D eigenvalue weighted by atomic mass is 9.97. The molecular formula is C22H23BrN4S. The maximum Gasteiger partial charge on any atom is 0.170 e. The smallest absolute Gasteiger partial charge is 0.170 e. The molecular weight excluding hydrogens is 432 g/mol. The molecule has 3 aromatic rings. The average molecular weight is 455 g/mol. The minimum Gasteiger partial charge on any atom is -0.352 e.